The van der Waals surface area contributed by atoms with Gasteiger partial charge in [0.05, 0.1) is 5.69 Å². The molecule has 0 radical (unpaired) electrons. The van der Waals surface area contributed by atoms with E-state index in [1.54, 1.807) is 0 Å². The highest BCUT2D eigenvalue weighted by molar-refractivity contribution is 7.17. The van der Waals surface area contributed by atoms with Crippen LogP contribution in [0, 0.1) is 0 Å². The first-order valence-electron chi connectivity index (χ1n) is 9.95. The fourth-order valence-electron chi connectivity index (χ4n) is 4.40. The number of fused-ring (bicyclic) bond motifs is 2. The van der Waals surface area contributed by atoms with E-state index in [1.165, 1.54) is 24.2 Å². The SMILES string of the molecule is Cl.O=C(NC1CC2CCC(C1)N2)c1sc(-c2ccccc2)nc1-c1ccccc1. The van der Waals surface area contributed by atoms with Crippen LogP contribution >= 0.6 is 23.7 Å². The van der Waals surface area contributed by atoms with Crippen LogP contribution in [0.4, 0.5) is 0 Å². The van der Waals surface area contributed by atoms with E-state index in [9.17, 15) is 4.79 Å². The van der Waals surface area contributed by atoms with Gasteiger partial charge in [-0.15, -0.1) is 23.7 Å². The molecule has 2 aliphatic rings. The minimum Gasteiger partial charge on any atom is -0.348 e. The maximum absolute atomic E-state index is 13.2. The predicted molar refractivity (Wildman–Crippen MR) is 121 cm³/mol. The number of halogens is 1. The molecule has 0 saturated carbocycles. The summed E-state index contributed by atoms with van der Waals surface area (Å²) in [6.45, 7) is 0. The molecule has 2 fully saturated rings. The van der Waals surface area contributed by atoms with E-state index in [2.05, 4.69) is 10.6 Å². The van der Waals surface area contributed by atoms with E-state index in [-0.39, 0.29) is 24.4 Å². The molecule has 0 spiro atoms. The Kier molecular flexibility index (Phi) is 5.99. The quantitative estimate of drug-likeness (QED) is 0.624. The van der Waals surface area contributed by atoms with Gasteiger partial charge >= 0.3 is 0 Å². The summed E-state index contributed by atoms with van der Waals surface area (Å²) in [6.07, 6.45) is 4.50. The van der Waals surface area contributed by atoms with Crippen molar-refractivity contribution in [3.05, 3.63) is 65.5 Å². The number of carbonyl (C=O) groups is 1. The highest BCUT2D eigenvalue weighted by Gasteiger charge is 2.34. The van der Waals surface area contributed by atoms with E-state index in [4.69, 9.17) is 4.98 Å². The van der Waals surface area contributed by atoms with Gasteiger partial charge in [0, 0.05) is 29.3 Å². The topological polar surface area (TPSA) is 54.0 Å². The molecule has 5 rings (SSSR count). The van der Waals surface area contributed by atoms with Gasteiger partial charge < -0.3 is 10.6 Å². The number of hydrogen-bond acceptors (Lipinski definition) is 4. The van der Waals surface area contributed by atoms with Crippen LogP contribution in [-0.4, -0.2) is 29.0 Å². The number of nitrogens with one attached hydrogen (secondary N) is 2. The van der Waals surface area contributed by atoms with Crippen molar-refractivity contribution in [2.75, 3.05) is 0 Å². The lowest BCUT2D eigenvalue weighted by Crippen LogP contribution is -2.47. The molecule has 3 heterocycles. The molecule has 2 atom stereocenters. The summed E-state index contributed by atoms with van der Waals surface area (Å²) < 4.78 is 0. The molecule has 2 N–H and O–H groups in total. The lowest BCUT2D eigenvalue weighted by Gasteiger charge is -2.29. The maximum atomic E-state index is 13.2. The van der Waals surface area contributed by atoms with Crippen molar-refractivity contribution in [2.24, 2.45) is 0 Å². The molecule has 2 bridgehead atoms. The van der Waals surface area contributed by atoms with Crippen LogP contribution in [0.2, 0.25) is 0 Å². The summed E-state index contributed by atoms with van der Waals surface area (Å²) in [5.74, 6) is 0.00448. The summed E-state index contributed by atoms with van der Waals surface area (Å²) in [4.78, 5) is 18.8. The zero-order valence-corrected chi connectivity index (χ0v) is 17.6. The van der Waals surface area contributed by atoms with Gasteiger partial charge in [0.15, 0.2) is 0 Å². The molecule has 2 saturated heterocycles. The fraction of sp³-hybridized carbons (Fsp3) is 0.304. The lowest BCUT2D eigenvalue weighted by molar-refractivity contribution is 0.0928. The average molecular weight is 426 g/mol. The Morgan fingerprint density at radius 1 is 0.931 bits per heavy atom. The van der Waals surface area contributed by atoms with E-state index in [0.717, 1.165) is 34.7 Å². The van der Waals surface area contributed by atoms with Gasteiger partial charge in [-0.05, 0) is 25.7 Å². The van der Waals surface area contributed by atoms with Crippen molar-refractivity contribution < 1.29 is 4.79 Å². The molecule has 150 valence electrons. The van der Waals surface area contributed by atoms with Crippen LogP contribution in [0.15, 0.2) is 60.7 Å². The lowest BCUT2D eigenvalue weighted by atomic mass is 9.99. The van der Waals surface area contributed by atoms with E-state index < -0.39 is 0 Å². The molecule has 2 unspecified atom stereocenters. The van der Waals surface area contributed by atoms with Gasteiger partial charge in [0.25, 0.3) is 5.91 Å². The molecular formula is C23H24ClN3OS. The second-order valence-corrected chi connectivity index (χ2v) is 8.71. The number of rotatable bonds is 4. The molecular weight excluding hydrogens is 402 g/mol. The number of hydrogen-bond donors (Lipinski definition) is 2. The number of carbonyl (C=O) groups excluding carboxylic acids is 1. The normalized spacial score (nSPS) is 22.7. The van der Waals surface area contributed by atoms with Crippen LogP contribution < -0.4 is 10.6 Å². The molecule has 29 heavy (non-hydrogen) atoms. The fourth-order valence-corrected chi connectivity index (χ4v) is 5.39. The Morgan fingerprint density at radius 3 is 2.14 bits per heavy atom. The number of aromatic nitrogens is 1. The zero-order chi connectivity index (χ0) is 18.9. The van der Waals surface area contributed by atoms with Crippen molar-refractivity contribution in [1.29, 1.82) is 0 Å². The third kappa shape index (κ3) is 4.22. The van der Waals surface area contributed by atoms with Gasteiger partial charge in [-0.2, -0.15) is 0 Å². The summed E-state index contributed by atoms with van der Waals surface area (Å²) in [5.41, 5.74) is 2.80. The smallest absolute Gasteiger partial charge is 0.263 e. The highest BCUT2D eigenvalue weighted by Crippen LogP contribution is 2.34. The van der Waals surface area contributed by atoms with Gasteiger partial charge in [0.1, 0.15) is 9.88 Å². The number of benzene rings is 2. The van der Waals surface area contributed by atoms with Gasteiger partial charge in [-0.3, -0.25) is 4.79 Å². The standard InChI is InChI=1S/C23H23N3OS.ClH/c27-22(25-19-13-17-11-12-18(14-19)24-17)21-20(15-7-3-1-4-8-15)26-23(28-21)16-9-5-2-6-10-16;/h1-10,17-19,24H,11-14H2,(H,25,27);1H. The molecule has 1 amide bonds. The summed E-state index contributed by atoms with van der Waals surface area (Å²) in [6, 6.07) is 21.4. The third-order valence-electron chi connectivity index (χ3n) is 5.71. The Labute approximate surface area is 181 Å². The summed E-state index contributed by atoms with van der Waals surface area (Å²) >= 11 is 1.48. The molecule has 2 aliphatic heterocycles. The van der Waals surface area contributed by atoms with Gasteiger partial charge in [-0.1, -0.05) is 60.7 Å². The first-order valence-corrected chi connectivity index (χ1v) is 10.8. The number of thiazole rings is 1. The number of amides is 1. The maximum Gasteiger partial charge on any atom is 0.263 e. The first kappa shape index (κ1) is 20.1. The second-order valence-electron chi connectivity index (χ2n) is 7.71. The van der Waals surface area contributed by atoms with Crippen LogP contribution in [-0.2, 0) is 0 Å². The predicted octanol–water partition coefficient (Wildman–Crippen LogP) is 4.91. The number of piperidine rings is 1. The Morgan fingerprint density at radius 2 is 1.52 bits per heavy atom. The third-order valence-corrected chi connectivity index (χ3v) is 6.81. The molecule has 6 heteroatoms. The van der Waals surface area contributed by atoms with Crippen LogP contribution in [0.3, 0.4) is 0 Å². The average Bonchev–Trinajstić information content (AvgIpc) is 3.33. The summed E-state index contributed by atoms with van der Waals surface area (Å²) in [5, 5.41) is 7.82. The molecule has 3 aromatic rings. The van der Waals surface area contributed by atoms with Crippen LogP contribution in [0.25, 0.3) is 21.8 Å². The Balaban J connectivity index is 0.00000205. The molecule has 1 aromatic heterocycles. The first-order chi connectivity index (χ1) is 13.8. The number of nitrogens with zero attached hydrogens (tertiary/aromatic N) is 1. The minimum absolute atomic E-state index is 0. The van der Waals surface area contributed by atoms with Crippen molar-refractivity contribution in [3.63, 3.8) is 0 Å². The van der Waals surface area contributed by atoms with E-state index in [0.29, 0.717) is 17.0 Å². The minimum atomic E-state index is 0. The van der Waals surface area contributed by atoms with Crippen molar-refractivity contribution in [3.8, 4) is 21.8 Å². The Hall–Kier alpha value is -2.21. The van der Waals surface area contributed by atoms with Crippen molar-refractivity contribution in [1.82, 2.24) is 15.6 Å². The van der Waals surface area contributed by atoms with Crippen LogP contribution in [0.1, 0.15) is 35.4 Å². The molecule has 0 aliphatic carbocycles. The van der Waals surface area contributed by atoms with Gasteiger partial charge in [0.2, 0.25) is 0 Å². The molecule has 2 aromatic carbocycles. The largest absolute Gasteiger partial charge is 0.348 e. The van der Waals surface area contributed by atoms with Gasteiger partial charge in [-0.25, -0.2) is 4.98 Å². The summed E-state index contributed by atoms with van der Waals surface area (Å²) in [7, 11) is 0. The van der Waals surface area contributed by atoms with Crippen molar-refractivity contribution in [2.45, 2.75) is 43.8 Å². The monoisotopic (exact) mass is 425 g/mol. The molecule has 4 nitrogen and oxygen atoms in total. The highest BCUT2D eigenvalue weighted by atomic mass is 35.5. The van der Waals surface area contributed by atoms with E-state index in [1.807, 2.05) is 60.7 Å². The van der Waals surface area contributed by atoms with Crippen molar-refractivity contribution >= 4 is 29.7 Å². The zero-order valence-electron chi connectivity index (χ0n) is 16.0. The Bertz CT molecular complexity index is 964. The van der Waals surface area contributed by atoms with E-state index >= 15 is 0 Å². The van der Waals surface area contributed by atoms with Crippen LogP contribution in [0.5, 0.6) is 0 Å². The second kappa shape index (κ2) is 8.66.